The number of aliphatic carboxylic acids is 1. The molecule has 1 atom stereocenters. The summed E-state index contributed by atoms with van der Waals surface area (Å²) in [5, 5.41) is 9.07. The topological polar surface area (TPSA) is 46.5 Å². The lowest BCUT2D eigenvalue weighted by molar-refractivity contribution is -0.144. The van der Waals surface area contributed by atoms with Gasteiger partial charge in [0.05, 0.1) is 0 Å². The van der Waals surface area contributed by atoms with E-state index in [0.29, 0.717) is 5.75 Å². The van der Waals surface area contributed by atoms with Crippen LogP contribution in [0, 0.1) is 6.92 Å². The number of benzene rings is 1. The summed E-state index contributed by atoms with van der Waals surface area (Å²) in [6, 6.07) is 5.66. The van der Waals surface area contributed by atoms with Gasteiger partial charge in [0.25, 0.3) is 0 Å². The van der Waals surface area contributed by atoms with Crippen molar-refractivity contribution < 1.29 is 14.6 Å². The highest BCUT2D eigenvalue weighted by Crippen LogP contribution is 2.27. The van der Waals surface area contributed by atoms with Crippen molar-refractivity contribution in [2.24, 2.45) is 0 Å². The number of carboxylic acids is 1. The first kappa shape index (κ1) is 14.0. The SMILES string of the molecule is C=CCC(Oc1cc(C)ccc1C(=C)C)C(=O)O. The number of aryl methyl sites for hydroxylation is 1. The van der Waals surface area contributed by atoms with Crippen molar-refractivity contribution >= 4 is 11.5 Å². The summed E-state index contributed by atoms with van der Waals surface area (Å²) in [4.78, 5) is 11.1. The van der Waals surface area contributed by atoms with Gasteiger partial charge < -0.3 is 9.84 Å². The lowest BCUT2D eigenvalue weighted by atomic mass is 10.1. The molecule has 0 aliphatic carbocycles. The number of hydrogen-bond donors (Lipinski definition) is 1. The fraction of sp³-hybridized carbons (Fsp3) is 0.267. The maximum atomic E-state index is 11.1. The van der Waals surface area contributed by atoms with Crippen LogP contribution in [-0.4, -0.2) is 17.2 Å². The average Bonchev–Trinajstić information content (AvgIpc) is 2.28. The van der Waals surface area contributed by atoms with Gasteiger partial charge in [-0.05, 0) is 31.1 Å². The Bertz CT molecular complexity index is 475. The monoisotopic (exact) mass is 246 g/mol. The average molecular weight is 246 g/mol. The summed E-state index contributed by atoms with van der Waals surface area (Å²) in [6.45, 7) is 11.2. The first-order valence-electron chi connectivity index (χ1n) is 5.72. The summed E-state index contributed by atoms with van der Waals surface area (Å²) in [7, 11) is 0. The Morgan fingerprint density at radius 3 is 2.72 bits per heavy atom. The predicted molar refractivity (Wildman–Crippen MR) is 72.8 cm³/mol. The molecular weight excluding hydrogens is 228 g/mol. The zero-order chi connectivity index (χ0) is 13.7. The minimum absolute atomic E-state index is 0.263. The van der Waals surface area contributed by atoms with E-state index in [1.54, 1.807) is 0 Å². The highest BCUT2D eigenvalue weighted by molar-refractivity contribution is 5.74. The molecule has 0 aliphatic rings. The molecule has 0 saturated heterocycles. The molecule has 1 aromatic rings. The third kappa shape index (κ3) is 3.48. The summed E-state index contributed by atoms with van der Waals surface area (Å²) in [5.74, 6) is -0.444. The first-order chi connectivity index (χ1) is 8.45. The number of rotatable bonds is 6. The number of hydrogen-bond acceptors (Lipinski definition) is 2. The molecule has 1 rings (SSSR count). The normalized spacial score (nSPS) is 11.7. The molecule has 3 nitrogen and oxygen atoms in total. The van der Waals surface area contributed by atoms with Gasteiger partial charge in [-0.1, -0.05) is 24.8 Å². The molecule has 0 saturated carbocycles. The van der Waals surface area contributed by atoms with Crippen LogP contribution in [0.3, 0.4) is 0 Å². The largest absolute Gasteiger partial charge is 0.478 e. The minimum atomic E-state index is -0.996. The Labute approximate surface area is 107 Å². The Balaban J connectivity index is 3.07. The van der Waals surface area contributed by atoms with E-state index in [1.165, 1.54) is 6.08 Å². The number of carbonyl (C=O) groups is 1. The molecular formula is C15H18O3. The fourth-order valence-electron chi connectivity index (χ4n) is 1.58. The third-order valence-electron chi connectivity index (χ3n) is 2.52. The molecule has 0 aromatic heterocycles. The molecule has 0 bridgehead atoms. The van der Waals surface area contributed by atoms with Crippen LogP contribution in [0.15, 0.2) is 37.4 Å². The molecule has 1 aromatic carbocycles. The Morgan fingerprint density at radius 1 is 1.56 bits per heavy atom. The Hall–Kier alpha value is -2.03. The summed E-state index contributed by atoms with van der Waals surface area (Å²) < 4.78 is 5.56. The van der Waals surface area contributed by atoms with Crippen molar-refractivity contribution in [3.05, 3.63) is 48.6 Å². The number of allylic oxidation sites excluding steroid dienone is 1. The molecule has 0 amide bonds. The molecule has 0 radical (unpaired) electrons. The van der Waals surface area contributed by atoms with E-state index in [0.717, 1.165) is 16.7 Å². The number of ether oxygens (including phenoxy) is 1. The van der Waals surface area contributed by atoms with Crippen LogP contribution in [0.2, 0.25) is 0 Å². The first-order valence-corrected chi connectivity index (χ1v) is 5.72. The van der Waals surface area contributed by atoms with Gasteiger partial charge in [0.15, 0.2) is 6.10 Å². The van der Waals surface area contributed by atoms with Gasteiger partial charge in [0, 0.05) is 12.0 Å². The maximum absolute atomic E-state index is 11.1. The smallest absolute Gasteiger partial charge is 0.345 e. The van der Waals surface area contributed by atoms with Crippen molar-refractivity contribution in [1.29, 1.82) is 0 Å². The van der Waals surface area contributed by atoms with Crippen LogP contribution >= 0.6 is 0 Å². The zero-order valence-corrected chi connectivity index (χ0v) is 10.8. The predicted octanol–water partition coefficient (Wildman–Crippen LogP) is 3.44. The molecule has 96 valence electrons. The van der Waals surface area contributed by atoms with Gasteiger partial charge in [-0.25, -0.2) is 4.79 Å². The standard InChI is InChI=1S/C15H18O3/c1-5-6-13(15(16)17)18-14-9-11(4)7-8-12(14)10(2)3/h5,7-9,13H,1-2,6H2,3-4H3,(H,16,17). The van der Waals surface area contributed by atoms with Gasteiger partial charge in [-0.15, -0.1) is 6.58 Å². The van der Waals surface area contributed by atoms with Gasteiger partial charge in [0.1, 0.15) is 5.75 Å². The molecule has 18 heavy (non-hydrogen) atoms. The van der Waals surface area contributed by atoms with Crippen LogP contribution in [0.5, 0.6) is 5.75 Å². The van der Waals surface area contributed by atoms with Crippen LogP contribution in [0.4, 0.5) is 0 Å². The second-order valence-corrected chi connectivity index (χ2v) is 4.25. The minimum Gasteiger partial charge on any atom is -0.478 e. The summed E-state index contributed by atoms with van der Waals surface area (Å²) in [6.07, 6.45) is 0.885. The highest BCUT2D eigenvalue weighted by atomic mass is 16.5. The lowest BCUT2D eigenvalue weighted by Gasteiger charge is -2.17. The van der Waals surface area contributed by atoms with E-state index in [-0.39, 0.29) is 6.42 Å². The molecule has 0 heterocycles. The highest BCUT2D eigenvalue weighted by Gasteiger charge is 2.19. The van der Waals surface area contributed by atoms with E-state index in [9.17, 15) is 4.79 Å². The molecule has 0 aliphatic heterocycles. The van der Waals surface area contributed by atoms with Gasteiger partial charge in [0.2, 0.25) is 0 Å². The van der Waals surface area contributed by atoms with Crippen molar-refractivity contribution in [1.82, 2.24) is 0 Å². The van der Waals surface area contributed by atoms with Gasteiger partial charge >= 0.3 is 5.97 Å². The van der Waals surface area contributed by atoms with Crippen LogP contribution in [0.1, 0.15) is 24.5 Å². The van der Waals surface area contributed by atoms with Gasteiger partial charge in [-0.2, -0.15) is 0 Å². The van der Waals surface area contributed by atoms with E-state index < -0.39 is 12.1 Å². The zero-order valence-electron chi connectivity index (χ0n) is 10.8. The lowest BCUT2D eigenvalue weighted by Crippen LogP contribution is -2.26. The summed E-state index contributed by atoms with van der Waals surface area (Å²) >= 11 is 0. The van der Waals surface area contributed by atoms with E-state index in [2.05, 4.69) is 13.2 Å². The number of carboxylic acid groups (broad SMARTS) is 1. The van der Waals surface area contributed by atoms with Crippen LogP contribution in [-0.2, 0) is 4.79 Å². The third-order valence-corrected chi connectivity index (χ3v) is 2.52. The molecule has 3 heteroatoms. The van der Waals surface area contributed by atoms with Crippen molar-refractivity contribution in [2.75, 3.05) is 0 Å². The molecule has 1 unspecified atom stereocenters. The van der Waals surface area contributed by atoms with Crippen molar-refractivity contribution in [3.8, 4) is 5.75 Å². The van der Waals surface area contributed by atoms with Crippen molar-refractivity contribution in [2.45, 2.75) is 26.4 Å². The Kier molecular flexibility index (Phi) is 4.72. The second-order valence-electron chi connectivity index (χ2n) is 4.25. The van der Waals surface area contributed by atoms with Crippen LogP contribution < -0.4 is 4.74 Å². The maximum Gasteiger partial charge on any atom is 0.345 e. The van der Waals surface area contributed by atoms with Crippen LogP contribution in [0.25, 0.3) is 5.57 Å². The fourth-order valence-corrected chi connectivity index (χ4v) is 1.58. The molecule has 1 N–H and O–H groups in total. The summed E-state index contributed by atoms with van der Waals surface area (Å²) in [5.41, 5.74) is 2.68. The molecule has 0 spiro atoms. The van der Waals surface area contributed by atoms with E-state index in [1.807, 2.05) is 32.0 Å². The quantitative estimate of drug-likeness (QED) is 0.782. The Morgan fingerprint density at radius 2 is 2.22 bits per heavy atom. The van der Waals surface area contributed by atoms with E-state index >= 15 is 0 Å². The second kappa shape index (κ2) is 6.05. The van der Waals surface area contributed by atoms with Crippen molar-refractivity contribution in [3.63, 3.8) is 0 Å². The van der Waals surface area contributed by atoms with Gasteiger partial charge in [-0.3, -0.25) is 0 Å². The molecule has 0 fully saturated rings. The van der Waals surface area contributed by atoms with E-state index in [4.69, 9.17) is 9.84 Å².